The highest BCUT2D eigenvalue weighted by Gasteiger charge is 2.29. The predicted molar refractivity (Wildman–Crippen MR) is 180 cm³/mol. The molecule has 3 atom stereocenters. The lowest BCUT2D eigenvalue weighted by Crippen LogP contribution is -2.54. The Balaban J connectivity index is 1.43. The third-order valence-electron chi connectivity index (χ3n) is 7.92. The Hall–Kier alpha value is -4.70. The zero-order chi connectivity index (χ0) is 34.1. The van der Waals surface area contributed by atoms with E-state index in [-0.39, 0.29) is 30.2 Å². The molecule has 0 aliphatic carbocycles. The molecular weight excluding hydrogens is 599 g/mol. The van der Waals surface area contributed by atoms with Gasteiger partial charge < -0.3 is 25.0 Å². The molecule has 3 amide bonds. The molecular formula is C37H45FN4O5. The zero-order valence-electron chi connectivity index (χ0n) is 27.8. The summed E-state index contributed by atoms with van der Waals surface area (Å²) in [5.41, 5.74) is 1.81. The molecule has 0 bridgehead atoms. The van der Waals surface area contributed by atoms with Crippen LogP contribution in [0.25, 0.3) is 0 Å². The number of amides is 3. The molecule has 1 fully saturated rings. The van der Waals surface area contributed by atoms with Gasteiger partial charge in [-0.1, -0.05) is 49.0 Å². The van der Waals surface area contributed by atoms with E-state index in [2.05, 4.69) is 22.1 Å². The monoisotopic (exact) mass is 644 g/mol. The summed E-state index contributed by atoms with van der Waals surface area (Å²) in [4.78, 5) is 41.9. The molecule has 0 aromatic heterocycles. The number of nitrogens with one attached hydrogen (secondary N) is 2. The fraction of sp³-hybridized carbons (Fsp3) is 0.378. The van der Waals surface area contributed by atoms with Crippen LogP contribution < -0.4 is 15.4 Å². The van der Waals surface area contributed by atoms with Crippen LogP contribution in [-0.4, -0.2) is 72.1 Å². The summed E-state index contributed by atoms with van der Waals surface area (Å²) in [7, 11) is 0. The lowest BCUT2D eigenvalue weighted by molar-refractivity contribution is -0.130. The number of piperazine rings is 1. The molecule has 47 heavy (non-hydrogen) atoms. The number of alkyl carbamates (subject to hydrolysis) is 1. The van der Waals surface area contributed by atoms with E-state index in [1.807, 2.05) is 43.3 Å². The van der Waals surface area contributed by atoms with Gasteiger partial charge in [0.1, 0.15) is 23.3 Å². The lowest BCUT2D eigenvalue weighted by atomic mass is 10.0. The Bertz CT molecular complexity index is 1540. The van der Waals surface area contributed by atoms with Crippen molar-refractivity contribution in [3.63, 3.8) is 0 Å². The van der Waals surface area contributed by atoms with Gasteiger partial charge in [-0.15, -0.1) is 0 Å². The number of ether oxygens (including phenoxy) is 2. The van der Waals surface area contributed by atoms with Crippen molar-refractivity contribution in [2.75, 3.05) is 32.7 Å². The van der Waals surface area contributed by atoms with Crippen LogP contribution in [0, 0.1) is 12.7 Å². The van der Waals surface area contributed by atoms with Crippen LogP contribution in [0.2, 0.25) is 0 Å². The number of hydrogen-bond acceptors (Lipinski definition) is 6. The Kier molecular flexibility index (Phi) is 11.8. The molecule has 1 heterocycles. The van der Waals surface area contributed by atoms with Crippen molar-refractivity contribution in [1.29, 1.82) is 0 Å². The van der Waals surface area contributed by atoms with Gasteiger partial charge in [0, 0.05) is 44.3 Å². The van der Waals surface area contributed by atoms with Crippen LogP contribution in [0.4, 0.5) is 9.18 Å². The Labute approximate surface area is 276 Å². The first-order chi connectivity index (χ1) is 22.3. The van der Waals surface area contributed by atoms with Crippen LogP contribution in [0.3, 0.4) is 0 Å². The second-order valence-corrected chi connectivity index (χ2v) is 12.8. The fourth-order valence-electron chi connectivity index (χ4n) is 5.43. The van der Waals surface area contributed by atoms with Crippen LogP contribution in [0.5, 0.6) is 5.75 Å². The summed E-state index contributed by atoms with van der Waals surface area (Å²) < 4.78 is 26.5. The van der Waals surface area contributed by atoms with E-state index in [1.165, 1.54) is 12.1 Å². The number of benzene rings is 3. The summed E-state index contributed by atoms with van der Waals surface area (Å²) in [6.07, 6.45) is 0.260. The maximum atomic E-state index is 14.6. The molecule has 0 spiro atoms. The first kappa shape index (κ1) is 35.2. The van der Waals surface area contributed by atoms with E-state index in [9.17, 15) is 18.8 Å². The molecule has 0 radical (unpaired) electrons. The standard InChI is InChI=1S/C37H45FN4O5/c1-7-34(43)42-20-19-41(23-26(42)3)24-33(29-14-13-25(2)31(38)21-29)46-30-17-15-28(16-18-30)35(44)39-22-32(27-11-9-8-10-12-27)40-36(45)47-37(4,5)6/h7-18,21,26,32-33H,1,19-20,22-24H2,2-6H3,(H,39,44)(H,40,45)/t26-,32-,33+/m1/s1. The summed E-state index contributed by atoms with van der Waals surface area (Å²) in [6, 6.07) is 20.7. The van der Waals surface area contributed by atoms with Crippen molar-refractivity contribution in [2.24, 2.45) is 0 Å². The molecule has 1 aliphatic heterocycles. The number of nitrogens with zero attached hydrogens (tertiary/aromatic N) is 2. The van der Waals surface area contributed by atoms with Gasteiger partial charge in [0.05, 0.1) is 6.04 Å². The van der Waals surface area contributed by atoms with E-state index in [0.29, 0.717) is 48.6 Å². The van der Waals surface area contributed by atoms with Gasteiger partial charge in [-0.2, -0.15) is 0 Å². The van der Waals surface area contributed by atoms with E-state index >= 15 is 0 Å². The first-order valence-electron chi connectivity index (χ1n) is 15.8. The molecule has 3 aromatic rings. The highest BCUT2D eigenvalue weighted by molar-refractivity contribution is 5.94. The lowest BCUT2D eigenvalue weighted by Gasteiger charge is -2.40. The largest absolute Gasteiger partial charge is 0.484 e. The number of halogens is 1. The van der Waals surface area contributed by atoms with E-state index < -0.39 is 23.8 Å². The minimum Gasteiger partial charge on any atom is -0.484 e. The third-order valence-corrected chi connectivity index (χ3v) is 7.92. The average Bonchev–Trinajstić information content (AvgIpc) is 3.03. The molecule has 0 saturated carbocycles. The molecule has 1 saturated heterocycles. The second kappa shape index (κ2) is 15.7. The number of carbonyl (C=O) groups excluding carboxylic acids is 3. The molecule has 1 aliphatic rings. The van der Waals surface area contributed by atoms with Crippen molar-refractivity contribution in [1.82, 2.24) is 20.4 Å². The Morgan fingerprint density at radius 1 is 1.02 bits per heavy atom. The maximum absolute atomic E-state index is 14.6. The SMILES string of the molecule is C=CC(=O)N1CCN(C[C@H](Oc2ccc(C(=O)NC[C@@H](NC(=O)OC(C)(C)C)c3ccccc3)cc2)c2ccc(C)c(F)c2)C[C@H]1C. The van der Waals surface area contributed by atoms with E-state index in [0.717, 1.165) is 5.56 Å². The van der Waals surface area contributed by atoms with E-state index in [1.54, 1.807) is 62.9 Å². The van der Waals surface area contributed by atoms with Crippen LogP contribution in [-0.2, 0) is 9.53 Å². The number of hydrogen-bond donors (Lipinski definition) is 2. The van der Waals surface area contributed by atoms with Gasteiger partial charge in [0.25, 0.3) is 5.91 Å². The number of carbonyl (C=O) groups is 3. The highest BCUT2D eigenvalue weighted by Crippen LogP contribution is 2.26. The van der Waals surface area contributed by atoms with Crippen LogP contribution in [0.15, 0.2) is 85.5 Å². The Morgan fingerprint density at radius 3 is 2.34 bits per heavy atom. The van der Waals surface area contributed by atoms with Crippen molar-refractivity contribution < 1.29 is 28.2 Å². The molecule has 9 nitrogen and oxygen atoms in total. The quantitative estimate of drug-likeness (QED) is 0.250. The van der Waals surface area contributed by atoms with E-state index in [4.69, 9.17) is 9.47 Å². The van der Waals surface area contributed by atoms with Gasteiger partial charge in [-0.05, 0) is 87.7 Å². The first-order valence-corrected chi connectivity index (χ1v) is 15.8. The molecule has 0 unspecified atom stereocenters. The molecule has 4 rings (SSSR count). The normalized spacial score (nSPS) is 16.5. The van der Waals surface area contributed by atoms with Crippen molar-refractivity contribution in [3.05, 3.63) is 114 Å². The fourth-order valence-corrected chi connectivity index (χ4v) is 5.43. The van der Waals surface area contributed by atoms with Crippen molar-refractivity contribution >= 4 is 17.9 Å². The van der Waals surface area contributed by atoms with Gasteiger partial charge >= 0.3 is 6.09 Å². The zero-order valence-corrected chi connectivity index (χ0v) is 27.8. The minimum absolute atomic E-state index is 0.0109. The summed E-state index contributed by atoms with van der Waals surface area (Å²) in [5.74, 6) is -0.200. The number of rotatable bonds is 11. The van der Waals surface area contributed by atoms with Gasteiger partial charge in [-0.3, -0.25) is 14.5 Å². The molecule has 250 valence electrons. The van der Waals surface area contributed by atoms with Gasteiger partial charge in [0.15, 0.2) is 0 Å². The van der Waals surface area contributed by atoms with Crippen LogP contribution >= 0.6 is 0 Å². The summed E-state index contributed by atoms with van der Waals surface area (Å²) >= 11 is 0. The summed E-state index contributed by atoms with van der Waals surface area (Å²) in [6.45, 7) is 15.1. The van der Waals surface area contributed by atoms with Crippen molar-refractivity contribution in [3.8, 4) is 5.75 Å². The second-order valence-electron chi connectivity index (χ2n) is 12.8. The molecule has 10 heteroatoms. The molecule has 2 N–H and O–H groups in total. The predicted octanol–water partition coefficient (Wildman–Crippen LogP) is 5.97. The smallest absolute Gasteiger partial charge is 0.408 e. The van der Waals surface area contributed by atoms with Crippen molar-refractivity contribution in [2.45, 2.75) is 58.4 Å². The van der Waals surface area contributed by atoms with Crippen LogP contribution in [0.1, 0.15) is 66.9 Å². The van der Waals surface area contributed by atoms with Gasteiger partial charge in [-0.25, -0.2) is 9.18 Å². The topological polar surface area (TPSA) is 100 Å². The Morgan fingerprint density at radius 2 is 1.72 bits per heavy atom. The third kappa shape index (κ3) is 10.1. The average molecular weight is 645 g/mol. The maximum Gasteiger partial charge on any atom is 0.408 e. The minimum atomic E-state index is -0.662. The number of aryl methyl sites for hydroxylation is 1. The van der Waals surface area contributed by atoms with Gasteiger partial charge in [0.2, 0.25) is 5.91 Å². The highest BCUT2D eigenvalue weighted by atomic mass is 19.1. The molecule has 3 aromatic carbocycles. The summed E-state index contributed by atoms with van der Waals surface area (Å²) in [5, 5.41) is 5.75.